The molecule has 0 aliphatic carbocycles. The van der Waals surface area contributed by atoms with E-state index in [4.69, 9.17) is 0 Å². The monoisotopic (exact) mass is 491 g/mol. The van der Waals surface area contributed by atoms with E-state index in [1.807, 2.05) is 81.1 Å². The number of halogens is 3. The first-order chi connectivity index (χ1) is 17.2. The van der Waals surface area contributed by atoms with Crippen molar-refractivity contribution in [3.63, 3.8) is 0 Å². The second-order valence-electron chi connectivity index (χ2n) is 9.26. The number of rotatable bonds is 6. The van der Waals surface area contributed by atoms with Crippen LogP contribution >= 0.6 is 0 Å². The fourth-order valence-electron chi connectivity index (χ4n) is 5.11. The topological polar surface area (TPSA) is 38.4 Å². The first-order valence-corrected chi connectivity index (χ1v) is 12.0. The molecular weight excluding hydrogens is 463 g/mol. The molecule has 186 valence electrons. The molecule has 0 saturated heterocycles. The number of fused-ring (bicyclic) bond motifs is 3. The van der Waals surface area contributed by atoms with Crippen LogP contribution in [0.1, 0.15) is 40.6 Å². The third kappa shape index (κ3) is 4.15. The Balaban J connectivity index is 1.77. The molecule has 5 nitrogen and oxygen atoms in total. The van der Waals surface area contributed by atoms with E-state index in [2.05, 4.69) is 9.97 Å². The smallest absolute Gasteiger partial charge is 0.294 e. The third-order valence-corrected chi connectivity index (χ3v) is 6.57. The van der Waals surface area contributed by atoms with Crippen LogP contribution in [0.15, 0.2) is 60.8 Å². The number of alkyl halides is 3. The summed E-state index contributed by atoms with van der Waals surface area (Å²) in [6.45, 7) is 9.12. The van der Waals surface area contributed by atoms with Gasteiger partial charge in [-0.15, -0.1) is 0 Å². The van der Waals surface area contributed by atoms with Crippen molar-refractivity contribution in [2.75, 3.05) is 6.54 Å². The summed E-state index contributed by atoms with van der Waals surface area (Å²) in [7, 11) is 0. The van der Waals surface area contributed by atoms with Gasteiger partial charge in [0.15, 0.2) is 11.3 Å². The van der Waals surface area contributed by atoms with E-state index >= 15 is 0 Å². The molecule has 8 heteroatoms. The molecule has 0 atom stereocenters. The summed E-state index contributed by atoms with van der Waals surface area (Å²) in [5.41, 5.74) is 5.29. The first-order valence-electron chi connectivity index (χ1n) is 12.0. The van der Waals surface area contributed by atoms with Gasteiger partial charge in [-0.2, -0.15) is 13.2 Å². The molecule has 0 radical (unpaired) electrons. The lowest BCUT2D eigenvalue weighted by molar-refractivity contribution is -0.141. The zero-order valence-corrected chi connectivity index (χ0v) is 20.8. The Kier molecular flexibility index (Phi) is 6.08. The van der Waals surface area contributed by atoms with Gasteiger partial charge in [0.1, 0.15) is 0 Å². The van der Waals surface area contributed by atoms with Crippen molar-refractivity contribution in [2.24, 2.45) is 0 Å². The third-order valence-electron chi connectivity index (χ3n) is 6.57. The Bertz CT molecular complexity index is 1520. The molecule has 0 spiro atoms. The molecule has 0 aliphatic rings. The lowest BCUT2D eigenvalue weighted by atomic mass is 10.1. The molecule has 5 rings (SSSR count). The SMILES string of the molecule is CCN(Cc1ccccc1)Cc1c(C(F)(F)F)nc2n(-c3c(C)cc(C)cc3C)c3ncccc3n12. The van der Waals surface area contributed by atoms with Crippen LogP contribution in [0.25, 0.3) is 22.6 Å². The standard InChI is InChI=1S/C28H28F3N5/c1-5-34(16-21-10-7-6-8-11-21)17-23-25(28(29,30)31)33-27-35(23)22-12-9-13-32-26(22)36(27)24-19(3)14-18(2)15-20(24)4/h6-15H,5,16-17H2,1-4H3. The van der Waals surface area contributed by atoms with Crippen LogP contribution in [0.4, 0.5) is 13.2 Å². The zero-order chi connectivity index (χ0) is 25.6. The normalized spacial score (nSPS) is 12.3. The fourth-order valence-corrected chi connectivity index (χ4v) is 5.11. The number of imidazole rings is 2. The minimum atomic E-state index is -4.59. The highest BCUT2D eigenvalue weighted by Gasteiger charge is 2.40. The predicted molar refractivity (Wildman–Crippen MR) is 135 cm³/mol. The second kappa shape index (κ2) is 9.09. The Morgan fingerprint density at radius 3 is 2.25 bits per heavy atom. The van der Waals surface area contributed by atoms with Gasteiger partial charge in [0.2, 0.25) is 5.78 Å². The summed E-state index contributed by atoms with van der Waals surface area (Å²) in [4.78, 5) is 10.8. The quantitative estimate of drug-likeness (QED) is 0.267. The second-order valence-corrected chi connectivity index (χ2v) is 9.26. The van der Waals surface area contributed by atoms with Gasteiger partial charge in [0.25, 0.3) is 0 Å². The first kappa shape index (κ1) is 24.1. The molecule has 0 aliphatic heterocycles. The van der Waals surface area contributed by atoms with Crippen molar-refractivity contribution in [3.8, 4) is 5.69 Å². The Morgan fingerprint density at radius 2 is 1.61 bits per heavy atom. The van der Waals surface area contributed by atoms with Crippen molar-refractivity contribution in [1.29, 1.82) is 0 Å². The van der Waals surface area contributed by atoms with E-state index in [0.717, 1.165) is 27.9 Å². The summed E-state index contributed by atoms with van der Waals surface area (Å²) < 4.78 is 46.5. The molecule has 36 heavy (non-hydrogen) atoms. The lowest BCUT2D eigenvalue weighted by Gasteiger charge is -2.21. The average molecular weight is 492 g/mol. The molecule has 0 saturated carbocycles. The number of aromatic nitrogens is 4. The van der Waals surface area contributed by atoms with Gasteiger partial charge in [-0.1, -0.05) is 55.0 Å². The molecule has 3 heterocycles. The van der Waals surface area contributed by atoms with Gasteiger partial charge in [-0.25, -0.2) is 9.97 Å². The average Bonchev–Trinajstić information content (AvgIpc) is 3.35. The van der Waals surface area contributed by atoms with Crippen molar-refractivity contribution in [3.05, 3.63) is 94.4 Å². The maximum absolute atomic E-state index is 14.4. The van der Waals surface area contributed by atoms with Crippen LogP contribution < -0.4 is 0 Å². The van der Waals surface area contributed by atoms with Crippen molar-refractivity contribution in [1.82, 2.24) is 23.8 Å². The highest BCUT2D eigenvalue weighted by molar-refractivity contribution is 5.81. The fraction of sp³-hybridized carbons (Fsp3) is 0.286. The van der Waals surface area contributed by atoms with E-state index in [-0.39, 0.29) is 18.0 Å². The minimum absolute atomic E-state index is 0.0985. The van der Waals surface area contributed by atoms with Crippen LogP contribution in [0.5, 0.6) is 0 Å². The minimum Gasteiger partial charge on any atom is -0.294 e. The number of benzene rings is 2. The highest BCUT2D eigenvalue weighted by Crippen LogP contribution is 2.37. The Hall–Kier alpha value is -3.65. The highest BCUT2D eigenvalue weighted by atomic mass is 19.4. The summed E-state index contributed by atoms with van der Waals surface area (Å²) in [5.74, 6) is 0.219. The van der Waals surface area contributed by atoms with Gasteiger partial charge < -0.3 is 0 Å². The predicted octanol–water partition coefficient (Wildman–Crippen LogP) is 6.64. The maximum atomic E-state index is 14.4. The maximum Gasteiger partial charge on any atom is 0.435 e. The number of hydrogen-bond donors (Lipinski definition) is 0. The van der Waals surface area contributed by atoms with E-state index in [1.54, 1.807) is 21.2 Å². The molecule has 3 aromatic heterocycles. The molecule has 5 aromatic rings. The van der Waals surface area contributed by atoms with E-state index in [1.165, 1.54) is 0 Å². The van der Waals surface area contributed by atoms with Crippen LogP contribution in [0.3, 0.4) is 0 Å². The lowest BCUT2D eigenvalue weighted by Crippen LogP contribution is -2.25. The molecular formula is C28H28F3N5. The van der Waals surface area contributed by atoms with Crippen molar-refractivity contribution >= 4 is 16.9 Å². The summed E-state index contributed by atoms with van der Waals surface area (Å²) in [6.07, 6.45) is -2.93. The van der Waals surface area contributed by atoms with Crippen molar-refractivity contribution in [2.45, 2.75) is 47.0 Å². The Labute approximate surface area is 207 Å². The van der Waals surface area contributed by atoms with Gasteiger partial charge in [0.05, 0.1) is 16.9 Å². The molecule has 0 N–H and O–H groups in total. The van der Waals surface area contributed by atoms with Gasteiger partial charge in [-0.05, 0) is 56.1 Å². The van der Waals surface area contributed by atoms with Gasteiger partial charge in [-0.3, -0.25) is 13.9 Å². The van der Waals surface area contributed by atoms with E-state index in [0.29, 0.717) is 24.3 Å². The van der Waals surface area contributed by atoms with Gasteiger partial charge >= 0.3 is 6.18 Å². The summed E-state index contributed by atoms with van der Waals surface area (Å²) in [6, 6.07) is 17.4. The van der Waals surface area contributed by atoms with E-state index < -0.39 is 11.9 Å². The molecule has 0 fully saturated rings. The van der Waals surface area contributed by atoms with Gasteiger partial charge in [0, 0.05) is 19.3 Å². The molecule has 0 bridgehead atoms. The Morgan fingerprint density at radius 1 is 0.917 bits per heavy atom. The van der Waals surface area contributed by atoms with Crippen LogP contribution in [-0.2, 0) is 19.3 Å². The van der Waals surface area contributed by atoms with Crippen LogP contribution in [-0.4, -0.2) is 30.4 Å². The largest absolute Gasteiger partial charge is 0.435 e. The van der Waals surface area contributed by atoms with Crippen molar-refractivity contribution < 1.29 is 13.2 Å². The number of hydrogen-bond acceptors (Lipinski definition) is 3. The summed E-state index contributed by atoms with van der Waals surface area (Å²) in [5, 5.41) is 0. The molecule has 0 unspecified atom stereocenters. The molecule has 0 amide bonds. The van der Waals surface area contributed by atoms with Crippen LogP contribution in [0.2, 0.25) is 0 Å². The zero-order valence-electron chi connectivity index (χ0n) is 20.8. The summed E-state index contributed by atoms with van der Waals surface area (Å²) >= 11 is 0. The number of nitrogens with zero attached hydrogens (tertiary/aromatic N) is 5. The van der Waals surface area contributed by atoms with Crippen LogP contribution in [0, 0.1) is 20.8 Å². The number of aryl methyl sites for hydroxylation is 3. The number of pyridine rings is 1. The molecule has 2 aromatic carbocycles. The van der Waals surface area contributed by atoms with E-state index in [9.17, 15) is 13.2 Å².